The first-order chi connectivity index (χ1) is 9.24. The van der Waals surface area contributed by atoms with Crippen molar-refractivity contribution >= 4 is 10.8 Å². The molecule has 0 atom stereocenters. The molecule has 2 aromatic rings. The molecule has 19 heavy (non-hydrogen) atoms. The van der Waals surface area contributed by atoms with Crippen molar-refractivity contribution in [2.24, 2.45) is 0 Å². The van der Waals surface area contributed by atoms with Crippen LogP contribution in [0.5, 0.6) is 5.75 Å². The van der Waals surface area contributed by atoms with Crippen molar-refractivity contribution in [2.45, 2.75) is 18.9 Å². The van der Waals surface area contributed by atoms with Crippen LogP contribution >= 0.6 is 0 Å². The minimum absolute atomic E-state index is 0.189. The third-order valence-corrected chi connectivity index (χ3v) is 3.49. The molecule has 1 aromatic heterocycles. The van der Waals surface area contributed by atoms with Gasteiger partial charge in [-0.05, 0) is 55.6 Å². The number of rotatable bonds is 2. The summed E-state index contributed by atoms with van der Waals surface area (Å²) in [7, 11) is 0. The zero-order chi connectivity index (χ0) is 13.2. The lowest BCUT2D eigenvalue weighted by Gasteiger charge is -2.23. The molecule has 0 spiro atoms. The number of nitrogens with zero attached hydrogens (tertiary/aromatic N) is 1. The van der Waals surface area contributed by atoms with E-state index >= 15 is 0 Å². The lowest BCUT2D eigenvalue weighted by Crippen LogP contribution is -2.34. The summed E-state index contributed by atoms with van der Waals surface area (Å²) in [6.45, 7) is 1.99. The SMILES string of the molecule is Nn1ccc2cc(OC3CCNCC3)ccc2c1=O. The second-order valence-electron chi connectivity index (χ2n) is 4.84. The molecule has 100 valence electrons. The summed E-state index contributed by atoms with van der Waals surface area (Å²) in [6.07, 6.45) is 3.86. The van der Waals surface area contributed by atoms with E-state index in [0.717, 1.165) is 41.7 Å². The molecule has 1 aliphatic heterocycles. The highest BCUT2D eigenvalue weighted by molar-refractivity contribution is 5.82. The van der Waals surface area contributed by atoms with E-state index in [9.17, 15) is 4.79 Å². The Bertz CT molecular complexity index is 645. The van der Waals surface area contributed by atoms with Gasteiger partial charge in [-0.25, -0.2) is 4.68 Å². The van der Waals surface area contributed by atoms with E-state index < -0.39 is 0 Å². The first-order valence-corrected chi connectivity index (χ1v) is 6.52. The minimum atomic E-state index is -0.189. The van der Waals surface area contributed by atoms with Crippen LogP contribution in [0, 0.1) is 0 Å². The number of piperidine rings is 1. The second kappa shape index (κ2) is 4.93. The smallest absolute Gasteiger partial charge is 0.276 e. The third-order valence-electron chi connectivity index (χ3n) is 3.49. The van der Waals surface area contributed by atoms with Gasteiger partial charge in [0.15, 0.2) is 0 Å². The lowest BCUT2D eigenvalue weighted by molar-refractivity contribution is 0.162. The van der Waals surface area contributed by atoms with Crippen LogP contribution in [0.25, 0.3) is 10.8 Å². The maximum Gasteiger partial charge on any atom is 0.276 e. The molecular formula is C14H17N3O2. The average Bonchev–Trinajstić information content (AvgIpc) is 2.44. The molecule has 5 nitrogen and oxygen atoms in total. The molecule has 1 saturated heterocycles. The highest BCUT2D eigenvalue weighted by Gasteiger charge is 2.14. The Kier molecular flexibility index (Phi) is 3.13. The van der Waals surface area contributed by atoms with E-state index in [4.69, 9.17) is 10.6 Å². The fourth-order valence-corrected chi connectivity index (χ4v) is 2.42. The number of ether oxygens (including phenoxy) is 1. The predicted octanol–water partition coefficient (Wildman–Crippen LogP) is 0.846. The van der Waals surface area contributed by atoms with Gasteiger partial charge in [0.2, 0.25) is 0 Å². The second-order valence-corrected chi connectivity index (χ2v) is 4.84. The number of hydrogen-bond donors (Lipinski definition) is 2. The number of hydrogen-bond acceptors (Lipinski definition) is 4. The van der Waals surface area contributed by atoms with Gasteiger partial charge in [-0.3, -0.25) is 4.79 Å². The molecule has 0 amide bonds. The van der Waals surface area contributed by atoms with Crippen LogP contribution in [-0.2, 0) is 0 Å². The van der Waals surface area contributed by atoms with Crippen LogP contribution in [0.2, 0.25) is 0 Å². The summed E-state index contributed by atoms with van der Waals surface area (Å²) < 4.78 is 7.05. The van der Waals surface area contributed by atoms with Crippen LogP contribution in [0.1, 0.15) is 12.8 Å². The maximum absolute atomic E-state index is 11.8. The van der Waals surface area contributed by atoms with E-state index in [2.05, 4.69) is 5.32 Å². The number of aromatic nitrogens is 1. The summed E-state index contributed by atoms with van der Waals surface area (Å²) in [4.78, 5) is 11.8. The summed E-state index contributed by atoms with van der Waals surface area (Å²) in [5.74, 6) is 6.35. The normalized spacial score (nSPS) is 16.6. The first kappa shape index (κ1) is 12.0. The van der Waals surface area contributed by atoms with Crippen molar-refractivity contribution in [1.82, 2.24) is 9.99 Å². The molecule has 2 heterocycles. The fourth-order valence-electron chi connectivity index (χ4n) is 2.42. The molecule has 0 saturated carbocycles. The quantitative estimate of drug-likeness (QED) is 0.784. The standard InChI is InChI=1S/C14H17N3O2/c15-17-8-5-10-9-12(1-2-13(10)14(17)18)19-11-3-6-16-7-4-11/h1-2,5,8-9,11,16H,3-4,6-7,15H2. The summed E-state index contributed by atoms with van der Waals surface area (Å²) in [5.41, 5.74) is -0.189. The Morgan fingerprint density at radius 1 is 1.26 bits per heavy atom. The van der Waals surface area contributed by atoms with Crippen molar-refractivity contribution in [3.05, 3.63) is 40.8 Å². The molecule has 1 fully saturated rings. The number of nitrogen functional groups attached to an aromatic ring is 1. The van der Waals surface area contributed by atoms with Crippen LogP contribution in [-0.4, -0.2) is 23.9 Å². The number of benzene rings is 1. The van der Waals surface area contributed by atoms with E-state index in [1.165, 1.54) is 0 Å². The topological polar surface area (TPSA) is 69.3 Å². The van der Waals surface area contributed by atoms with Crippen LogP contribution in [0.4, 0.5) is 0 Å². The fraction of sp³-hybridized carbons (Fsp3) is 0.357. The zero-order valence-corrected chi connectivity index (χ0v) is 10.6. The van der Waals surface area contributed by atoms with Crippen LogP contribution in [0.15, 0.2) is 35.3 Å². The Morgan fingerprint density at radius 2 is 2.05 bits per heavy atom. The van der Waals surface area contributed by atoms with Gasteiger partial charge in [0.25, 0.3) is 5.56 Å². The molecule has 0 radical (unpaired) electrons. The summed E-state index contributed by atoms with van der Waals surface area (Å²) >= 11 is 0. The molecule has 5 heteroatoms. The van der Waals surface area contributed by atoms with Crippen LogP contribution < -0.4 is 21.5 Å². The summed E-state index contributed by atoms with van der Waals surface area (Å²) in [6, 6.07) is 7.34. The highest BCUT2D eigenvalue weighted by atomic mass is 16.5. The van der Waals surface area contributed by atoms with Crippen molar-refractivity contribution in [1.29, 1.82) is 0 Å². The maximum atomic E-state index is 11.8. The number of pyridine rings is 1. The molecule has 0 bridgehead atoms. The Balaban J connectivity index is 1.89. The Morgan fingerprint density at radius 3 is 2.84 bits per heavy atom. The van der Waals surface area contributed by atoms with Gasteiger partial charge in [-0.2, -0.15) is 0 Å². The van der Waals surface area contributed by atoms with Gasteiger partial charge < -0.3 is 15.9 Å². The Labute approximate surface area is 110 Å². The molecule has 1 aliphatic rings. The molecule has 0 unspecified atom stereocenters. The van der Waals surface area contributed by atoms with Gasteiger partial charge in [-0.15, -0.1) is 0 Å². The molecular weight excluding hydrogens is 242 g/mol. The highest BCUT2D eigenvalue weighted by Crippen LogP contribution is 2.21. The Hall–Kier alpha value is -2.01. The van der Waals surface area contributed by atoms with Crippen molar-refractivity contribution in [3.8, 4) is 5.75 Å². The number of fused-ring (bicyclic) bond motifs is 1. The van der Waals surface area contributed by atoms with Gasteiger partial charge in [0, 0.05) is 11.6 Å². The molecule has 1 aromatic carbocycles. The lowest BCUT2D eigenvalue weighted by atomic mass is 10.1. The third kappa shape index (κ3) is 2.42. The first-order valence-electron chi connectivity index (χ1n) is 6.52. The van der Waals surface area contributed by atoms with Crippen LogP contribution in [0.3, 0.4) is 0 Å². The molecule has 3 rings (SSSR count). The van der Waals surface area contributed by atoms with Gasteiger partial charge in [0.05, 0.1) is 0 Å². The van der Waals surface area contributed by atoms with E-state index in [-0.39, 0.29) is 11.7 Å². The summed E-state index contributed by atoms with van der Waals surface area (Å²) in [5, 5.41) is 4.78. The van der Waals surface area contributed by atoms with Crippen molar-refractivity contribution < 1.29 is 4.74 Å². The van der Waals surface area contributed by atoms with E-state index in [0.29, 0.717) is 5.39 Å². The van der Waals surface area contributed by atoms with Crippen molar-refractivity contribution in [2.75, 3.05) is 18.9 Å². The van der Waals surface area contributed by atoms with E-state index in [1.54, 1.807) is 12.3 Å². The monoisotopic (exact) mass is 259 g/mol. The number of nitrogens with one attached hydrogen (secondary N) is 1. The molecule has 0 aliphatic carbocycles. The van der Waals surface area contributed by atoms with Crippen molar-refractivity contribution in [3.63, 3.8) is 0 Å². The molecule has 3 N–H and O–H groups in total. The zero-order valence-electron chi connectivity index (χ0n) is 10.6. The van der Waals surface area contributed by atoms with Gasteiger partial charge in [-0.1, -0.05) is 0 Å². The average molecular weight is 259 g/mol. The van der Waals surface area contributed by atoms with Gasteiger partial charge >= 0.3 is 0 Å². The van der Waals surface area contributed by atoms with E-state index in [1.807, 2.05) is 18.2 Å². The van der Waals surface area contributed by atoms with Gasteiger partial charge in [0.1, 0.15) is 11.9 Å². The number of nitrogens with two attached hydrogens (primary N) is 1. The minimum Gasteiger partial charge on any atom is -0.490 e. The predicted molar refractivity (Wildman–Crippen MR) is 74.9 cm³/mol. The largest absolute Gasteiger partial charge is 0.490 e.